The SMILES string of the molecule is CCn1c(Cn2ncc([NH2+]OC)c2C)cc(=O)c(C(=O)O)c1-c1ccc(Cl)c(Cl)c1. The van der Waals surface area contributed by atoms with Crippen molar-refractivity contribution in [2.24, 2.45) is 0 Å². The maximum absolute atomic E-state index is 12.8. The molecule has 2 heterocycles. The number of benzene rings is 1. The summed E-state index contributed by atoms with van der Waals surface area (Å²) in [6, 6.07) is 6.13. The molecule has 0 fully saturated rings. The third kappa shape index (κ3) is 4.13. The topological polar surface area (TPSA) is 103 Å². The Hall–Kier alpha value is -2.65. The highest BCUT2D eigenvalue weighted by Crippen LogP contribution is 2.30. The summed E-state index contributed by atoms with van der Waals surface area (Å²) in [7, 11) is 1.56. The minimum Gasteiger partial charge on any atom is -0.477 e. The maximum Gasteiger partial charge on any atom is 0.341 e. The monoisotopic (exact) mass is 451 g/mol. The van der Waals surface area contributed by atoms with Crippen molar-refractivity contribution in [2.75, 3.05) is 7.11 Å². The summed E-state index contributed by atoms with van der Waals surface area (Å²) in [4.78, 5) is 29.8. The van der Waals surface area contributed by atoms with Crippen LogP contribution in [0.2, 0.25) is 10.0 Å². The van der Waals surface area contributed by atoms with Crippen LogP contribution in [-0.2, 0) is 17.9 Å². The number of carbonyl (C=O) groups is 1. The van der Waals surface area contributed by atoms with Gasteiger partial charge in [-0.2, -0.15) is 10.6 Å². The number of nitrogens with two attached hydrogens (primary N) is 1. The van der Waals surface area contributed by atoms with E-state index < -0.39 is 11.4 Å². The van der Waals surface area contributed by atoms with Crippen LogP contribution >= 0.6 is 23.2 Å². The predicted molar refractivity (Wildman–Crippen MR) is 113 cm³/mol. The highest BCUT2D eigenvalue weighted by atomic mass is 35.5. The Kier molecular flexibility index (Phi) is 6.62. The van der Waals surface area contributed by atoms with Crippen LogP contribution in [0, 0.1) is 6.92 Å². The van der Waals surface area contributed by atoms with Gasteiger partial charge in [-0.05, 0) is 26.0 Å². The molecule has 0 aliphatic carbocycles. The number of quaternary nitrogens is 1. The third-order valence-corrected chi connectivity index (χ3v) is 5.56. The molecule has 3 rings (SSSR count). The summed E-state index contributed by atoms with van der Waals surface area (Å²) in [6.07, 6.45) is 1.67. The van der Waals surface area contributed by atoms with Gasteiger partial charge in [-0.1, -0.05) is 29.3 Å². The van der Waals surface area contributed by atoms with Crippen molar-refractivity contribution in [1.82, 2.24) is 14.3 Å². The molecule has 0 amide bonds. The Morgan fingerprint density at radius 3 is 2.60 bits per heavy atom. The molecular weight excluding hydrogens is 431 g/mol. The van der Waals surface area contributed by atoms with Crippen LogP contribution in [0.1, 0.15) is 28.7 Å². The summed E-state index contributed by atoms with van der Waals surface area (Å²) in [5.74, 6) is -1.30. The van der Waals surface area contributed by atoms with E-state index in [1.165, 1.54) is 6.07 Å². The quantitative estimate of drug-likeness (QED) is 0.537. The molecule has 8 nitrogen and oxygen atoms in total. The number of halogens is 2. The van der Waals surface area contributed by atoms with Gasteiger partial charge in [-0.15, -0.1) is 0 Å². The van der Waals surface area contributed by atoms with E-state index in [1.807, 2.05) is 13.8 Å². The first-order chi connectivity index (χ1) is 14.3. The molecule has 0 saturated heterocycles. The van der Waals surface area contributed by atoms with Crippen molar-refractivity contribution in [3.63, 3.8) is 0 Å². The van der Waals surface area contributed by atoms with E-state index in [9.17, 15) is 14.7 Å². The normalized spacial score (nSPS) is 11.1. The highest BCUT2D eigenvalue weighted by molar-refractivity contribution is 6.42. The molecule has 2 aromatic heterocycles. The molecule has 3 aromatic rings. The van der Waals surface area contributed by atoms with E-state index in [1.54, 1.807) is 46.2 Å². The van der Waals surface area contributed by atoms with Crippen LogP contribution in [0.15, 0.2) is 35.3 Å². The molecule has 3 N–H and O–H groups in total. The fraction of sp³-hybridized carbons (Fsp3) is 0.250. The van der Waals surface area contributed by atoms with Gasteiger partial charge in [0.05, 0.1) is 35.1 Å². The molecule has 158 valence electrons. The lowest BCUT2D eigenvalue weighted by Crippen LogP contribution is -2.76. The molecule has 0 spiro atoms. The fourth-order valence-corrected chi connectivity index (χ4v) is 3.65. The Balaban J connectivity index is 2.23. The molecule has 0 unspecified atom stereocenters. The van der Waals surface area contributed by atoms with Crippen LogP contribution in [0.5, 0.6) is 0 Å². The van der Waals surface area contributed by atoms with Gasteiger partial charge in [0.25, 0.3) is 0 Å². The zero-order chi connectivity index (χ0) is 22.0. The van der Waals surface area contributed by atoms with Gasteiger partial charge in [0.1, 0.15) is 11.8 Å². The molecule has 30 heavy (non-hydrogen) atoms. The first-order valence-electron chi connectivity index (χ1n) is 9.12. The van der Waals surface area contributed by atoms with Gasteiger partial charge in [-0.25, -0.2) is 9.63 Å². The second-order valence-electron chi connectivity index (χ2n) is 6.60. The molecule has 0 saturated carbocycles. The molecular formula is C20H21Cl2N4O4+. The van der Waals surface area contributed by atoms with Gasteiger partial charge >= 0.3 is 5.97 Å². The summed E-state index contributed by atoms with van der Waals surface area (Å²) in [6.45, 7) is 4.47. The fourth-order valence-electron chi connectivity index (χ4n) is 3.36. The van der Waals surface area contributed by atoms with Gasteiger partial charge in [-0.3, -0.25) is 9.48 Å². The van der Waals surface area contributed by atoms with Crippen LogP contribution in [-0.4, -0.2) is 32.5 Å². The summed E-state index contributed by atoms with van der Waals surface area (Å²) < 4.78 is 3.51. The van der Waals surface area contributed by atoms with Crippen molar-refractivity contribution in [3.05, 3.63) is 67.7 Å². The summed E-state index contributed by atoms with van der Waals surface area (Å²) in [5.41, 5.74) is 3.73. The molecule has 0 atom stereocenters. The average molecular weight is 452 g/mol. The molecule has 1 aromatic carbocycles. The number of nitrogens with zero attached hydrogens (tertiary/aromatic N) is 3. The standard InChI is InChI=1S/C20H20Cl2N4O4/c1-4-25-13(10-26-11(2)16(9-23-26)24-30-3)8-17(27)18(20(28)29)19(25)12-5-6-14(21)15(22)7-12/h5-9,24H,4,10H2,1-3H3,(H,28,29)/p+1. The molecule has 0 bridgehead atoms. The molecule has 0 aliphatic rings. The second-order valence-corrected chi connectivity index (χ2v) is 7.41. The van der Waals surface area contributed by atoms with Crippen LogP contribution in [0.25, 0.3) is 11.3 Å². The second kappa shape index (κ2) is 9.01. The van der Waals surface area contributed by atoms with Crippen molar-refractivity contribution in [1.29, 1.82) is 0 Å². The van der Waals surface area contributed by atoms with Gasteiger partial charge < -0.3 is 9.67 Å². The third-order valence-electron chi connectivity index (χ3n) is 4.82. The Labute approximate surface area is 182 Å². The summed E-state index contributed by atoms with van der Waals surface area (Å²) >= 11 is 12.2. The number of aromatic carboxylic acids is 1. The molecule has 0 aliphatic heterocycles. The Morgan fingerprint density at radius 1 is 1.27 bits per heavy atom. The van der Waals surface area contributed by atoms with E-state index in [4.69, 9.17) is 28.0 Å². The Bertz CT molecular complexity index is 1170. The van der Waals surface area contributed by atoms with Crippen LogP contribution in [0.4, 0.5) is 5.69 Å². The van der Waals surface area contributed by atoms with E-state index >= 15 is 0 Å². The zero-order valence-corrected chi connectivity index (χ0v) is 18.2. The van der Waals surface area contributed by atoms with Gasteiger partial charge in [0, 0.05) is 23.9 Å². The predicted octanol–water partition coefficient (Wildman–Crippen LogP) is 2.85. The van der Waals surface area contributed by atoms with Crippen LogP contribution in [0.3, 0.4) is 0 Å². The average Bonchev–Trinajstić information content (AvgIpc) is 3.03. The van der Waals surface area contributed by atoms with Gasteiger partial charge in [0.2, 0.25) is 5.69 Å². The van der Waals surface area contributed by atoms with Crippen molar-refractivity contribution in [2.45, 2.75) is 26.9 Å². The van der Waals surface area contributed by atoms with Crippen LogP contribution < -0.4 is 10.9 Å². The largest absolute Gasteiger partial charge is 0.477 e. The van der Waals surface area contributed by atoms with E-state index in [0.29, 0.717) is 22.8 Å². The first-order valence-corrected chi connectivity index (χ1v) is 9.87. The van der Waals surface area contributed by atoms with Crippen molar-refractivity contribution >= 4 is 34.9 Å². The molecule has 0 radical (unpaired) electrons. The number of pyridine rings is 1. The molecule has 10 heteroatoms. The van der Waals surface area contributed by atoms with Gasteiger partial charge in [0.15, 0.2) is 5.43 Å². The van der Waals surface area contributed by atoms with E-state index in [2.05, 4.69) is 5.10 Å². The minimum absolute atomic E-state index is 0.272. The number of aromatic nitrogens is 3. The minimum atomic E-state index is -1.30. The first kappa shape index (κ1) is 22.0. The highest BCUT2D eigenvalue weighted by Gasteiger charge is 2.23. The Morgan fingerprint density at radius 2 is 2.00 bits per heavy atom. The lowest BCUT2D eigenvalue weighted by atomic mass is 10.0. The van der Waals surface area contributed by atoms with E-state index in [0.717, 1.165) is 11.4 Å². The van der Waals surface area contributed by atoms with Crippen molar-refractivity contribution in [3.8, 4) is 11.3 Å². The van der Waals surface area contributed by atoms with Crippen molar-refractivity contribution < 1.29 is 20.2 Å². The number of hydrogen-bond acceptors (Lipinski definition) is 4. The summed E-state index contributed by atoms with van der Waals surface area (Å²) in [5, 5.41) is 14.7. The maximum atomic E-state index is 12.8. The zero-order valence-electron chi connectivity index (χ0n) is 16.6. The number of carboxylic acids is 1. The number of rotatable bonds is 7. The van der Waals surface area contributed by atoms with E-state index in [-0.39, 0.29) is 22.8 Å². The smallest absolute Gasteiger partial charge is 0.341 e. The lowest BCUT2D eigenvalue weighted by molar-refractivity contribution is -0.830. The number of carboxylic acid groups (broad SMARTS) is 1. The number of hydrogen-bond donors (Lipinski definition) is 2. The lowest BCUT2D eigenvalue weighted by Gasteiger charge is -2.20.